The van der Waals surface area contributed by atoms with Crippen molar-refractivity contribution in [2.24, 2.45) is 0 Å². The maximum Gasteiger partial charge on any atom is 0.262 e. The van der Waals surface area contributed by atoms with Gasteiger partial charge in [0.2, 0.25) is 0 Å². The van der Waals surface area contributed by atoms with Gasteiger partial charge in [-0.3, -0.25) is 18.6 Å². The first kappa shape index (κ1) is 20.7. The van der Waals surface area contributed by atoms with E-state index in [-0.39, 0.29) is 11.1 Å². The standard InChI is InChI=1S/C25H24N4O2S/c30-23-16-19(26-22-12-6-7-14-28(22)23)17-32-25-27-21-11-5-4-10-20(21)24(31)29(25)15-13-18-8-2-1-3-9-18/h4-8,10-12,14,16H,1-3,9,13,15,17H2. The van der Waals surface area contributed by atoms with Gasteiger partial charge >= 0.3 is 0 Å². The molecular weight excluding hydrogens is 420 g/mol. The molecule has 0 aliphatic heterocycles. The van der Waals surface area contributed by atoms with Gasteiger partial charge < -0.3 is 0 Å². The van der Waals surface area contributed by atoms with Crippen LogP contribution in [0.15, 0.2) is 81.1 Å². The molecule has 7 heteroatoms. The molecule has 0 saturated heterocycles. The maximum atomic E-state index is 13.3. The first-order valence-corrected chi connectivity index (χ1v) is 12.0. The summed E-state index contributed by atoms with van der Waals surface area (Å²) in [6.07, 6.45) is 9.62. The van der Waals surface area contributed by atoms with Crippen LogP contribution < -0.4 is 11.1 Å². The van der Waals surface area contributed by atoms with E-state index in [2.05, 4.69) is 11.1 Å². The smallest absolute Gasteiger partial charge is 0.262 e. The summed E-state index contributed by atoms with van der Waals surface area (Å²) in [6.45, 7) is 0.610. The lowest BCUT2D eigenvalue weighted by atomic mass is 9.97. The topological polar surface area (TPSA) is 69.3 Å². The fraction of sp³-hybridized carbons (Fsp3) is 0.280. The van der Waals surface area contributed by atoms with Crippen molar-refractivity contribution in [3.63, 3.8) is 0 Å². The van der Waals surface area contributed by atoms with Crippen molar-refractivity contribution in [2.75, 3.05) is 0 Å². The van der Waals surface area contributed by atoms with E-state index in [1.54, 1.807) is 16.8 Å². The molecule has 1 aliphatic rings. The van der Waals surface area contributed by atoms with E-state index >= 15 is 0 Å². The summed E-state index contributed by atoms with van der Waals surface area (Å²) in [4.78, 5) is 35.1. The average Bonchev–Trinajstić information content (AvgIpc) is 2.83. The van der Waals surface area contributed by atoms with Gasteiger partial charge in [-0.25, -0.2) is 9.97 Å². The van der Waals surface area contributed by atoms with Crippen LogP contribution in [0.3, 0.4) is 0 Å². The summed E-state index contributed by atoms with van der Waals surface area (Å²) < 4.78 is 3.31. The Balaban J connectivity index is 1.47. The van der Waals surface area contributed by atoms with Crippen molar-refractivity contribution in [1.29, 1.82) is 0 Å². The molecule has 1 aliphatic carbocycles. The zero-order valence-electron chi connectivity index (χ0n) is 17.7. The summed E-state index contributed by atoms with van der Waals surface area (Å²) in [7, 11) is 0. The van der Waals surface area contributed by atoms with E-state index in [9.17, 15) is 9.59 Å². The van der Waals surface area contributed by atoms with Crippen LogP contribution in [0.5, 0.6) is 0 Å². The Kier molecular flexibility index (Phi) is 5.90. The van der Waals surface area contributed by atoms with Crippen LogP contribution >= 0.6 is 11.8 Å². The number of allylic oxidation sites excluding steroid dienone is 2. The lowest BCUT2D eigenvalue weighted by Gasteiger charge is -2.16. The van der Waals surface area contributed by atoms with E-state index < -0.39 is 0 Å². The van der Waals surface area contributed by atoms with E-state index in [1.807, 2.05) is 42.5 Å². The lowest BCUT2D eigenvalue weighted by Crippen LogP contribution is -2.24. The predicted molar refractivity (Wildman–Crippen MR) is 128 cm³/mol. The quantitative estimate of drug-likeness (QED) is 0.247. The first-order chi connectivity index (χ1) is 15.7. The zero-order chi connectivity index (χ0) is 21.9. The van der Waals surface area contributed by atoms with E-state index in [0.717, 1.165) is 19.3 Å². The first-order valence-electron chi connectivity index (χ1n) is 11.0. The third kappa shape index (κ3) is 4.25. The van der Waals surface area contributed by atoms with Crippen LogP contribution in [-0.4, -0.2) is 18.9 Å². The van der Waals surface area contributed by atoms with Gasteiger partial charge in [0.25, 0.3) is 11.1 Å². The molecule has 0 N–H and O–H groups in total. The molecule has 6 nitrogen and oxygen atoms in total. The summed E-state index contributed by atoms with van der Waals surface area (Å²) in [6, 6.07) is 14.5. The van der Waals surface area contributed by atoms with Crippen LogP contribution in [0.25, 0.3) is 16.6 Å². The van der Waals surface area contributed by atoms with Gasteiger partial charge in [0.1, 0.15) is 5.65 Å². The zero-order valence-corrected chi connectivity index (χ0v) is 18.6. The number of para-hydroxylation sites is 1. The number of pyridine rings is 1. The number of benzene rings is 1. The third-order valence-corrected chi connectivity index (χ3v) is 6.85. The molecule has 4 aromatic rings. The van der Waals surface area contributed by atoms with E-state index in [0.29, 0.717) is 39.7 Å². The van der Waals surface area contributed by atoms with E-state index in [4.69, 9.17) is 4.98 Å². The third-order valence-electron chi connectivity index (χ3n) is 5.84. The van der Waals surface area contributed by atoms with Crippen LogP contribution in [0.4, 0.5) is 0 Å². The monoisotopic (exact) mass is 444 g/mol. The molecule has 3 aromatic heterocycles. The number of thioether (sulfide) groups is 1. The molecule has 0 bridgehead atoms. The number of nitrogens with zero attached hydrogens (tertiary/aromatic N) is 4. The van der Waals surface area contributed by atoms with Crippen molar-refractivity contribution < 1.29 is 0 Å². The Bertz CT molecular complexity index is 1440. The normalized spacial score (nSPS) is 14.1. The molecule has 0 amide bonds. The highest BCUT2D eigenvalue weighted by molar-refractivity contribution is 7.98. The molecule has 3 heterocycles. The van der Waals surface area contributed by atoms with Crippen molar-refractivity contribution in [2.45, 2.75) is 49.6 Å². The Hall–Kier alpha value is -3.19. The molecule has 0 saturated carbocycles. The van der Waals surface area contributed by atoms with Gasteiger partial charge in [0, 0.05) is 24.6 Å². The average molecular weight is 445 g/mol. The van der Waals surface area contributed by atoms with Crippen LogP contribution in [-0.2, 0) is 12.3 Å². The largest absolute Gasteiger partial charge is 0.287 e. The second-order valence-corrected chi connectivity index (χ2v) is 8.97. The lowest BCUT2D eigenvalue weighted by molar-refractivity contribution is 0.569. The van der Waals surface area contributed by atoms with E-state index in [1.165, 1.54) is 34.6 Å². The number of hydrogen-bond donors (Lipinski definition) is 0. The second kappa shape index (κ2) is 9.12. The SMILES string of the molecule is O=c1c2ccccc2nc(SCc2cc(=O)n3ccccc3n2)n1CCC1=CCCCC1. The molecule has 0 radical (unpaired) electrons. The number of hydrogen-bond acceptors (Lipinski definition) is 5. The molecule has 1 aromatic carbocycles. The van der Waals surface area contributed by atoms with Gasteiger partial charge in [-0.2, -0.15) is 0 Å². The highest BCUT2D eigenvalue weighted by Gasteiger charge is 2.14. The fourth-order valence-corrected chi connectivity index (χ4v) is 5.08. The van der Waals surface area contributed by atoms with Crippen molar-refractivity contribution in [3.8, 4) is 0 Å². The Morgan fingerprint density at radius 1 is 1.00 bits per heavy atom. The van der Waals surface area contributed by atoms with Gasteiger partial charge in [0.05, 0.1) is 16.6 Å². The van der Waals surface area contributed by atoms with Gasteiger partial charge in [-0.05, 0) is 56.4 Å². The molecule has 0 unspecified atom stereocenters. The van der Waals surface area contributed by atoms with Crippen LogP contribution in [0.2, 0.25) is 0 Å². The maximum absolute atomic E-state index is 13.3. The predicted octanol–water partition coefficient (Wildman–Crippen LogP) is 4.59. The minimum atomic E-state index is -0.112. The van der Waals surface area contributed by atoms with Crippen molar-refractivity contribution in [3.05, 3.63) is 92.8 Å². The number of rotatable bonds is 6. The van der Waals surface area contributed by atoms with Crippen molar-refractivity contribution in [1.82, 2.24) is 18.9 Å². The summed E-state index contributed by atoms with van der Waals surface area (Å²) >= 11 is 1.45. The van der Waals surface area contributed by atoms with Gasteiger partial charge in [-0.15, -0.1) is 0 Å². The number of fused-ring (bicyclic) bond motifs is 2. The molecular formula is C25H24N4O2S. The van der Waals surface area contributed by atoms with Crippen LogP contribution in [0, 0.1) is 0 Å². The Morgan fingerprint density at radius 2 is 1.88 bits per heavy atom. The summed E-state index contributed by atoms with van der Waals surface area (Å²) in [5.74, 6) is 0.466. The summed E-state index contributed by atoms with van der Waals surface area (Å²) in [5.41, 5.74) is 3.29. The summed E-state index contributed by atoms with van der Waals surface area (Å²) in [5, 5.41) is 1.30. The highest BCUT2D eigenvalue weighted by atomic mass is 32.2. The minimum absolute atomic E-state index is 0.0129. The fourth-order valence-electron chi connectivity index (χ4n) is 4.16. The molecule has 32 heavy (non-hydrogen) atoms. The van der Waals surface area contributed by atoms with Gasteiger partial charge in [-0.1, -0.05) is 41.6 Å². The van der Waals surface area contributed by atoms with Crippen LogP contribution in [0.1, 0.15) is 37.8 Å². The second-order valence-electron chi connectivity index (χ2n) is 8.03. The van der Waals surface area contributed by atoms with Gasteiger partial charge in [0.15, 0.2) is 5.16 Å². The molecule has 162 valence electrons. The molecule has 0 spiro atoms. The molecule has 0 atom stereocenters. The highest BCUT2D eigenvalue weighted by Crippen LogP contribution is 2.24. The molecule has 0 fully saturated rings. The minimum Gasteiger partial charge on any atom is -0.287 e. The number of aromatic nitrogens is 4. The Labute approximate surface area is 189 Å². The Morgan fingerprint density at radius 3 is 2.75 bits per heavy atom. The van der Waals surface area contributed by atoms with Crippen molar-refractivity contribution >= 4 is 28.3 Å². The molecule has 5 rings (SSSR count).